The molecule has 30 heavy (non-hydrogen) atoms. The van der Waals surface area contributed by atoms with Crippen LogP contribution < -0.4 is 11.2 Å². The van der Waals surface area contributed by atoms with E-state index in [1.165, 1.54) is 9.13 Å². The molecule has 0 bridgehead atoms. The first-order chi connectivity index (χ1) is 14.5. The molecule has 8 heteroatoms. The Morgan fingerprint density at radius 3 is 2.63 bits per heavy atom. The fraction of sp³-hybridized carbons (Fsp3) is 0.318. The number of rotatable bonds is 7. The lowest BCUT2D eigenvalue weighted by molar-refractivity contribution is 0.190. The van der Waals surface area contributed by atoms with E-state index in [-0.39, 0.29) is 17.8 Å². The van der Waals surface area contributed by atoms with Crippen LogP contribution in [0.3, 0.4) is 0 Å². The van der Waals surface area contributed by atoms with Crippen LogP contribution in [0.1, 0.15) is 17.7 Å². The molecule has 0 saturated heterocycles. The van der Waals surface area contributed by atoms with E-state index in [1.54, 1.807) is 18.6 Å². The normalized spacial score (nSPS) is 12.0. The number of benzene rings is 1. The molecule has 0 saturated carbocycles. The largest absolute Gasteiger partial charge is 0.385 e. The van der Waals surface area contributed by atoms with E-state index in [0.29, 0.717) is 23.5 Å². The van der Waals surface area contributed by atoms with Gasteiger partial charge in [0.05, 0.1) is 0 Å². The summed E-state index contributed by atoms with van der Waals surface area (Å²) in [5.74, 6) is 0.656. The van der Waals surface area contributed by atoms with Gasteiger partial charge in [-0.05, 0) is 18.9 Å². The number of fused-ring (bicyclic) bond motifs is 3. The standard InChI is InChI=1S/C22H25N5O3/c1-16-15-27-18-19(23-21(27)25(16)13-8-14-30-3)24(2)22(29)26(20(18)28)12-7-11-17-9-5-4-6-10-17/h4-7,9-11,15H,8,12-14H2,1-3H3. The first kappa shape index (κ1) is 19.9. The predicted molar refractivity (Wildman–Crippen MR) is 117 cm³/mol. The van der Waals surface area contributed by atoms with Gasteiger partial charge >= 0.3 is 5.69 Å². The number of hydrogen-bond donors (Lipinski definition) is 0. The van der Waals surface area contributed by atoms with Crippen LogP contribution in [-0.4, -0.2) is 36.8 Å². The van der Waals surface area contributed by atoms with Crippen LogP contribution >= 0.6 is 0 Å². The summed E-state index contributed by atoms with van der Waals surface area (Å²) in [5, 5.41) is 0. The van der Waals surface area contributed by atoms with Crippen LogP contribution in [0.5, 0.6) is 0 Å². The van der Waals surface area contributed by atoms with Crippen molar-refractivity contribution in [2.75, 3.05) is 13.7 Å². The summed E-state index contributed by atoms with van der Waals surface area (Å²) in [6.07, 6.45) is 6.45. The number of hydrogen-bond acceptors (Lipinski definition) is 4. The number of allylic oxidation sites excluding steroid dienone is 1. The van der Waals surface area contributed by atoms with Crippen molar-refractivity contribution in [3.63, 3.8) is 0 Å². The lowest BCUT2D eigenvalue weighted by atomic mass is 10.2. The van der Waals surface area contributed by atoms with Gasteiger partial charge in [-0.1, -0.05) is 42.5 Å². The minimum absolute atomic E-state index is 0.192. The van der Waals surface area contributed by atoms with Crippen molar-refractivity contribution in [1.82, 2.24) is 23.1 Å². The molecule has 4 aromatic rings. The fourth-order valence-corrected chi connectivity index (χ4v) is 3.72. The van der Waals surface area contributed by atoms with E-state index in [2.05, 4.69) is 4.98 Å². The first-order valence-electron chi connectivity index (χ1n) is 9.91. The molecule has 0 aliphatic rings. The lowest BCUT2D eigenvalue weighted by Gasteiger charge is -2.06. The molecule has 8 nitrogen and oxygen atoms in total. The maximum absolute atomic E-state index is 13.2. The second-order valence-corrected chi connectivity index (χ2v) is 7.29. The molecule has 156 valence electrons. The molecule has 3 aromatic heterocycles. The van der Waals surface area contributed by atoms with E-state index in [9.17, 15) is 9.59 Å². The topological polar surface area (TPSA) is 75.5 Å². The Hall–Kier alpha value is -3.39. The molecule has 0 atom stereocenters. The molecule has 0 aliphatic heterocycles. The summed E-state index contributed by atoms with van der Waals surface area (Å²) in [4.78, 5) is 30.7. The SMILES string of the molecule is COCCCn1c(C)cn2c3c(=O)n(CC=Cc4ccccc4)c(=O)n(C)c3nc12. The zero-order valence-electron chi connectivity index (χ0n) is 17.4. The predicted octanol–water partition coefficient (Wildman–Crippen LogP) is 2.21. The molecule has 0 aliphatic carbocycles. The average molecular weight is 407 g/mol. The Morgan fingerprint density at radius 2 is 1.90 bits per heavy atom. The zero-order chi connectivity index (χ0) is 21.3. The molecule has 0 radical (unpaired) electrons. The Bertz CT molecular complexity index is 1340. The summed E-state index contributed by atoms with van der Waals surface area (Å²) >= 11 is 0. The smallest absolute Gasteiger partial charge is 0.332 e. The van der Waals surface area contributed by atoms with Gasteiger partial charge < -0.3 is 9.30 Å². The van der Waals surface area contributed by atoms with Crippen molar-refractivity contribution in [2.45, 2.75) is 26.4 Å². The molecular weight excluding hydrogens is 382 g/mol. The van der Waals surface area contributed by atoms with Crippen molar-refractivity contribution in [1.29, 1.82) is 0 Å². The van der Waals surface area contributed by atoms with Gasteiger partial charge in [0, 0.05) is 45.7 Å². The van der Waals surface area contributed by atoms with Crippen molar-refractivity contribution in [3.05, 3.63) is 74.7 Å². The summed E-state index contributed by atoms with van der Waals surface area (Å²) in [7, 11) is 3.32. The number of aryl methyl sites for hydroxylation is 3. The second-order valence-electron chi connectivity index (χ2n) is 7.29. The highest BCUT2D eigenvalue weighted by molar-refractivity contribution is 5.75. The zero-order valence-corrected chi connectivity index (χ0v) is 17.4. The highest BCUT2D eigenvalue weighted by atomic mass is 16.5. The number of methoxy groups -OCH3 is 1. The van der Waals surface area contributed by atoms with Gasteiger partial charge in [0.2, 0.25) is 5.78 Å². The highest BCUT2D eigenvalue weighted by Crippen LogP contribution is 2.16. The summed E-state index contributed by atoms with van der Waals surface area (Å²) in [6.45, 7) is 3.54. The van der Waals surface area contributed by atoms with E-state index in [4.69, 9.17) is 4.74 Å². The van der Waals surface area contributed by atoms with Crippen LogP contribution in [0, 0.1) is 6.92 Å². The van der Waals surface area contributed by atoms with E-state index >= 15 is 0 Å². The van der Waals surface area contributed by atoms with E-state index < -0.39 is 0 Å². The maximum atomic E-state index is 13.2. The minimum Gasteiger partial charge on any atom is -0.385 e. The van der Waals surface area contributed by atoms with Gasteiger partial charge in [0.25, 0.3) is 5.56 Å². The van der Waals surface area contributed by atoms with Crippen molar-refractivity contribution in [2.24, 2.45) is 7.05 Å². The Morgan fingerprint density at radius 1 is 1.13 bits per heavy atom. The van der Waals surface area contributed by atoms with Crippen LogP contribution in [0.4, 0.5) is 0 Å². The van der Waals surface area contributed by atoms with Gasteiger partial charge in [-0.2, -0.15) is 4.98 Å². The number of nitrogens with zero attached hydrogens (tertiary/aromatic N) is 5. The van der Waals surface area contributed by atoms with Crippen LogP contribution in [0.25, 0.3) is 23.0 Å². The molecule has 0 fully saturated rings. The number of imidazole rings is 2. The third-order valence-electron chi connectivity index (χ3n) is 5.27. The van der Waals surface area contributed by atoms with Crippen molar-refractivity contribution in [3.8, 4) is 0 Å². The quantitative estimate of drug-likeness (QED) is 0.440. The van der Waals surface area contributed by atoms with Crippen LogP contribution in [0.2, 0.25) is 0 Å². The first-order valence-corrected chi connectivity index (χ1v) is 9.91. The van der Waals surface area contributed by atoms with Gasteiger partial charge in [0.15, 0.2) is 11.2 Å². The van der Waals surface area contributed by atoms with Crippen LogP contribution in [0.15, 0.2) is 52.2 Å². The monoisotopic (exact) mass is 407 g/mol. The van der Waals surface area contributed by atoms with Gasteiger partial charge in [0.1, 0.15) is 0 Å². The molecule has 0 spiro atoms. The number of aromatic nitrogens is 5. The van der Waals surface area contributed by atoms with Gasteiger partial charge in [-0.3, -0.25) is 18.3 Å². The Balaban J connectivity index is 1.80. The Labute approximate surface area is 173 Å². The van der Waals surface area contributed by atoms with E-state index in [1.807, 2.05) is 60.2 Å². The third-order valence-corrected chi connectivity index (χ3v) is 5.27. The minimum atomic E-state index is -0.381. The van der Waals surface area contributed by atoms with Crippen LogP contribution in [-0.2, 0) is 24.9 Å². The molecule has 0 N–H and O–H groups in total. The molecule has 0 unspecified atom stereocenters. The summed E-state index contributed by atoms with van der Waals surface area (Å²) < 4.78 is 11.7. The maximum Gasteiger partial charge on any atom is 0.332 e. The molecular formula is C22H25N5O3. The molecule has 3 heterocycles. The Kier molecular flexibility index (Phi) is 5.41. The average Bonchev–Trinajstić information content (AvgIpc) is 3.25. The summed E-state index contributed by atoms with van der Waals surface area (Å²) in [6, 6.07) is 9.77. The lowest BCUT2D eigenvalue weighted by Crippen LogP contribution is -2.39. The van der Waals surface area contributed by atoms with Crippen molar-refractivity contribution >= 4 is 23.0 Å². The van der Waals surface area contributed by atoms with E-state index in [0.717, 1.165) is 24.2 Å². The second kappa shape index (κ2) is 8.16. The highest BCUT2D eigenvalue weighted by Gasteiger charge is 2.19. The third kappa shape index (κ3) is 3.39. The fourth-order valence-electron chi connectivity index (χ4n) is 3.72. The molecule has 4 rings (SSSR count). The van der Waals surface area contributed by atoms with Crippen molar-refractivity contribution < 1.29 is 4.74 Å². The van der Waals surface area contributed by atoms with Gasteiger partial charge in [-0.15, -0.1) is 0 Å². The summed E-state index contributed by atoms with van der Waals surface area (Å²) in [5.41, 5.74) is 2.09. The number of ether oxygens (including phenoxy) is 1. The van der Waals surface area contributed by atoms with Gasteiger partial charge in [-0.25, -0.2) is 4.79 Å². The molecule has 0 amide bonds. The molecule has 1 aromatic carbocycles.